The van der Waals surface area contributed by atoms with Gasteiger partial charge in [0.05, 0.1) is 12.1 Å². The Morgan fingerprint density at radius 2 is 1.97 bits per heavy atom. The molecule has 0 aliphatic carbocycles. The zero-order chi connectivity index (χ0) is 20.9. The lowest BCUT2D eigenvalue weighted by atomic mass is 10.2. The van der Waals surface area contributed by atoms with E-state index in [1.165, 1.54) is 11.3 Å². The topological polar surface area (TPSA) is 102 Å². The zero-order valence-electron chi connectivity index (χ0n) is 16.2. The third-order valence-electron chi connectivity index (χ3n) is 4.32. The van der Waals surface area contributed by atoms with Crippen LogP contribution in [0.4, 0.5) is 15.6 Å². The summed E-state index contributed by atoms with van der Waals surface area (Å²) >= 11 is 1.27. The number of thiazole rings is 1. The Labute approximate surface area is 177 Å². The molecule has 1 aliphatic rings. The summed E-state index contributed by atoms with van der Waals surface area (Å²) in [6.45, 7) is 2.55. The number of carbonyl (C=O) groups is 2. The van der Waals surface area contributed by atoms with Crippen molar-refractivity contribution in [1.29, 1.82) is 0 Å². The Bertz CT molecular complexity index is 1080. The third kappa shape index (κ3) is 5.06. The lowest BCUT2D eigenvalue weighted by molar-refractivity contribution is -0.120. The van der Waals surface area contributed by atoms with Crippen molar-refractivity contribution in [2.75, 3.05) is 17.4 Å². The highest BCUT2D eigenvalue weighted by atomic mass is 32.1. The van der Waals surface area contributed by atoms with Gasteiger partial charge in [0, 0.05) is 17.6 Å². The van der Waals surface area contributed by atoms with Crippen molar-refractivity contribution in [1.82, 2.24) is 10.3 Å². The van der Waals surface area contributed by atoms with Crippen LogP contribution in [0.3, 0.4) is 0 Å². The van der Waals surface area contributed by atoms with Crippen molar-refractivity contribution in [3.05, 3.63) is 64.7 Å². The molecular formula is C21H20N4O4S. The van der Waals surface area contributed by atoms with E-state index in [-0.39, 0.29) is 25.2 Å². The highest BCUT2D eigenvalue weighted by Crippen LogP contribution is 2.32. The zero-order valence-corrected chi connectivity index (χ0v) is 17.0. The number of hydrogen-bond donors (Lipinski definition) is 3. The van der Waals surface area contributed by atoms with Gasteiger partial charge in [-0.05, 0) is 42.3 Å². The lowest BCUT2D eigenvalue weighted by Gasteiger charge is -2.06. The predicted octanol–water partition coefficient (Wildman–Crippen LogP) is 3.68. The first kappa shape index (κ1) is 19.7. The normalized spacial score (nSPS) is 11.8. The molecule has 0 spiro atoms. The summed E-state index contributed by atoms with van der Waals surface area (Å²) in [5.41, 5.74) is 3.26. The highest BCUT2D eigenvalue weighted by Gasteiger charge is 2.14. The molecule has 0 radical (unpaired) electrons. The van der Waals surface area contributed by atoms with Crippen LogP contribution in [0.15, 0.2) is 47.8 Å². The monoisotopic (exact) mass is 424 g/mol. The number of carbonyl (C=O) groups excluding carboxylic acids is 2. The third-order valence-corrected chi connectivity index (χ3v) is 5.12. The van der Waals surface area contributed by atoms with Crippen LogP contribution in [0.5, 0.6) is 11.5 Å². The van der Waals surface area contributed by atoms with Crippen LogP contribution in [0.1, 0.15) is 16.8 Å². The van der Waals surface area contributed by atoms with Crippen molar-refractivity contribution >= 4 is 34.1 Å². The number of hydrogen-bond acceptors (Lipinski definition) is 6. The van der Waals surface area contributed by atoms with Gasteiger partial charge in [-0.15, -0.1) is 11.3 Å². The minimum Gasteiger partial charge on any atom is -0.454 e. The smallest absolute Gasteiger partial charge is 0.325 e. The number of anilines is 2. The van der Waals surface area contributed by atoms with Crippen molar-refractivity contribution in [2.45, 2.75) is 19.9 Å². The first-order valence-electron chi connectivity index (χ1n) is 9.29. The molecule has 30 heavy (non-hydrogen) atoms. The fourth-order valence-electron chi connectivity index (χ4n) is 2.91. The predicted molar refractivity (Wildman–Crippen MR) is 114 cm³/mol. The summed E-state index contributed by atoms with van der Waals surface area (Å²) in [5, 5.41) is 10.5. The van der Waals surface area contributed by atoms with E-state index in [0.717, 1.165) is 11.1 Å². The van der Waals surface area contributed by atoms with Crippen LogP contribution in [0, 0.1) is 6.92 Å². The molecule has 9 heteroatoms. The lowest BCUT2D eigenvalue weighted by Crippen LogP contribution is -2.24. The number of benzene rings is 2. The minimum atomic E-state index is -0.381. The summed E-state index contributed by atoms with van der Waals surface area (Å²) in [7, 11) is 0. The second-order valence-electron chi connectivity index (χ2n) is 6.73. The van der Waals surface area contributed by atoms with Crippen LogP contribution in [0.2, 0.25) is 0 Å². The van der Waals surface area contributed by atoms with Crippen molar-refractivity contribution in [3.8, 4) is 11.5 Å². The number of rotatable bonds is 6. The molecule has 0 saturated carbocycles. The van der Waals surface area contributed by atoms with Gasteiger partial charge in [0.15, 0.2) is 16.6 Å². The van der Waals surface area contributed by atoms with E-state index in [1.54, 1.807) is 5.38 Å². The van der Waals surface area contributed by atoms with Crippen molar-refractivity contribution in [2.24, 2.45) is 0 Å². The maximum Gasteiger partial charge on any atom is 0.325 e. The Morgan fingerprint density at radius 3 is 2.83 bits per heavy atom. The molecule has 154 valence electrons. The van der Waals surface area contributed by atoms with Crippen LogP contribution >= 0.6 is 11.3 Å². The van der Waals surface area contributed by atoms with Crippen LogP contribution in [-0.4, -0.2) is 23.7 Å². The Kier molecular flexibility index (Phi) is 5.80. The van der Waals surface area contributed by atoms with Gasteiger partial charge in [0.1, 0.15) is 0 Å². The van der Waals surface area contributed by atoms with E-state index in [4.69, 9.17) is 9.47 Å². The highest BCUT2D eigenvalue weighted by molar-refractivity contribution is 7.14. The fraction of sp³-hybridized carbons (Fsp3) is 0.190. The molecule has 0 bridgehead atoms. The summed E-state index contributed by atoms with van der Waals surface area (Å²) in [6.07, 6.45) is 0.127. The minimum absolute atomic E-state index is 0.127. The number of amides is 3. The molecular weight excluding hydrogens is 404 g/mol. The van der Waals surface area contributed by atoms with Crippen molar-refractivity contribution < 1.29 is 19.1 Å². The summed E-state index contributed by atoms with van der Waals surface area (Å²) in [5.74, 6) is 1.23. The molecule has 2 aromatic carbocycles. The number of urea groups is 1. The Balaban J connectivity index is 1.25. The van der Waals surface area contributed by atoms with Gasteiger partial charge in [-0.25, -0.2) is 9.78 Å². The second kappa shape index (κ2) is 8.83. The van der Waals surface area contributed by atoms with Gasteiger partial charge in [0.2, 0.25) is 12.7 Å². The molecule has 0 fully saturated rings. The van der Waals surface area contributed by atoms with E-state index in [2.05, 4.69) is 20.9 Å². The maximum absolute atomic E-state index is 12.2. The largest absolute Gasteiger partial charge is 0.454 e. The molecule has 3 N–H and O–H groups in total. The second-order valence-corrected chi connectivity index (χ2v) is 7.59. The van der Waals surface area contributed by atoms with Gasteiger partial charge >= 0.3 is 6.03 Å². The molecule has 1 aliphatic heterocycles. The van der Waals surface area contributed by atoms with E-state index < -0.39 is 0 Å². The molecule has 0 saturated heterocycles. The Morgan fingerprint density at radius 1 is 1.10 bits per heavy atom. The van der Waals surface area contributed by atoms with Gasteiger partial charge in [0.25, 0.3) is 0 Å². The number of aryl methyl sites for hydroxylation is 1. The van der Waals surface area contributed by atoms with E-state index >= 15 is 0 Å². The van der Waals surface area contributed by atoms with E-state index in [1.807, 2.05) is 49.4 Å². The summed E-state index contributed by atoms with van der Waals surface area (Å²) in [4.78, 5) is 28.6. The number of ether oxygens (including phenoxy) is 2. The van der Waals surface area contributed by atoms with Gasteiger partial charge in [-0.3, -0.25) is 10.1 Å². The SMILES string of the molecule is Cc1cccc(NC(=O)Nc2nc(CC(=O)NCc3ccc4c(c3)OCO4)cs2)c1. The molecule has 8 nitrogen and oxygen atoms in total. The summed E-state index contributed by atoms with van der Waals surface area (Å²) < 4.78 is 10.6. The van der Waals surface area contributed by atoms with Crippen LogP contribution in [0.25, 0.3) is 0 Å². The number of aromatic nitrogens is 1. The summed E-state index contributed by atoms with van der Waals surface area (Å²) in [6, 6.07) is 12.7. The van der Waals surface area contributed by atoms with E-state index in [0.29, 0.717) is 34.6 Å². The van der Waals surface area contributed by atoms with Crippen LogP contribution < -0.4 is 25.4 Å². The quantitative estimate of drug-likeness (QED) is 0.560. The molecule has 3 aromatic rings. The molecule has 1 aromatic heterocycles. The van der Waals surface area contributed by atoms with Crippen LogP contribution in [-0.2, 0) is 17.8 Å². The fourth-order valence-corrected chi connectivity index (χ4v) is 3.61. The Hall–Kier alpha value is -3.59. The number of nitrogens with zero attached hydrogens (tertiary/aromatic N) is 1. The number of nitrogens with one attached hydrogen (secondary N) is 3. The van der Waals surface area contributed by atoms with E-state index in [9.17, 15) is 9.59 Å². The molecule has 0 unspecified atom stereocenters. The standard InChI is InChI=1S/C21H20N4O4S/c1-13-3-2-4-15(7-13)23-20(27)25-21-24-16(11-30-21)9-19(26)22-10-14-5-6-17-18(8-14)29-12-28-17/h2-8,11H,9-10,12H2,1H3,(H,22,26)(H2,23,24,25,27). The average molecular weight is 424 g/mol. The van der Waals surface area contributed by atoms with Gasteiger partial charge in [-0.1, -0.05) is 18.2 Å². The number of fused-ring (bicyclic) bond motifs is 1. The molecule has 0 atom stereocenters. The van der Waals surface area contributed by atoms with Crippen molar-refractivity contribution in [3.63, 3.8) is 0 Å². The average Bonchev–Trinajstić information content (AvgIpc) is 3.35. The molecule has 4 rings (SSSR count). The molecule has 3 amide bonds. The van der Waals surface area contributed by atoms with Gasteiger partial charge in [-0.2, -0.15) is 0 Å². The molecule has 2 heterocycles. The maximum atomic E-state index is 12.2. The first-order chi connectivity index (χ1) is 14.5. The first-order valence-corrected chi connectivity index (χ1v) is 10.2. The van der Waals surface area contributed by atoms with Gasteiger partial charge < -0.3 is 20.1 Å².